The van der Waals surface area contributed by atoms with Crippen molar-refractivity contribution >= 4 is 11.8 Å². The van der Waals surface area contributed by atoms with Gasteiger partial charge >= 0.3 is 0 Å². The highest BCUT2D eigenvalue weighted by Crippen LogP contribution is 2.24. The zero-order chi connectivity index (χ0) is 12.0. The zero-order valence-electron chi connectivity index (χ0n) is 10.4. The van der Waals surface area contributed by atoms with Gasteiger partial charge in [-0.05, 0) is 30.0 Å². The lowest BCUT2D eigenvalue weighted by Gasteiger charge is -2.10. The van der Waals surface area contributed by atoms with Gasteiger partial charge in [-0.2, -0.15) is 0 Å². The van der Waals surface area contributed by atoms with Crippen LogP contribution >= 0.6 is 11.8 Å². The zero-order valence-corrected chi connectivity index (χ0v) is 11.3. The second-order valence-corrected chi connectivity index (χ2v) is 5.41. The van der Waals surface area contributed by atoms with Gasteiger partial charge in [-0.3, -0.25) is 0 Å². The average molecular weight is 238 g/mol. The van der Waals surface area contributed by atoms with Gasteiger partial charge in [0.1, 0.15) is 0 Å². The van der Waals surface area contributed by atoms with Crippen molar-refractivity contribution < 1.29 is 5.11 Å². The lowest BCUT2D eigenvalue weighted by Crippen LogP contribution is -1.96. The monoisotopic (exact) mass is 238 g/mol. The van der Waals surface area contributed by atoms with Gasteiger partial charge in [0, 0.05) is 10.6 Å². The van der Waals surface area contributed by atoms with Gasteiger partial charge in [-0.15, -0.1) is 11.8 Å². The number of hydrogen-bond acceptors (Lipinski definition) is 2. The van der Waals surface area contributed by atoms with E-state index in [-0.39, 0.29) is 6.10 Å². The summed E-state index contributed by atoms with van der Waals surface area (Å²) in [4.78, 5) is 1.30. The summed E-state index contributed by atoms with van der Waals surface area (Å²) in [5.41, 5.74) is 1.02. The van der Waals surface area contributed by atoms with E-state index in [4.69, 9.17) is 0 Å². The van der Waals surface area contributed by atoms with Crippen LogP contribution in [0.3, 0.4) is 0 Å². The molecule has 1 aromatic rings. The first-order valence-electron chi connectivity index (χ1n) is 6.08. The Morgan fingerprint density at radius 1 is 1.12 bits per heavy atom. The van der Waals surface area contributed by atoms with Crippen molar-refractivity contribution in [1.29, 1.82) is 0 Å². The molecule has 0 aliphatic rings. The number of thioether (sulfide) groups is 1. The fourth-order valence-corrected chi connectivity index (χ4v) is 2.42. The van der Waals surface area contributed by atoms with E-state index < -0.39 is 0 Å². The Morgan fingerprint density at radius 3 is 2.25 bits per heavy atom. The first-order chi connectivity index (χ1) is 7.67. The molecule has 0 saturated carbocycles. The van der Waals surface area contributed by atoms with Gasteiger partial charge in [-0.1, -0.05) is 39.3 Å². The third-order valence-electron chi connectivity index (χ3n) is 2.88. The minimum absolute atomic E-state index is 0.311. The van der Waals surface area contributed by atoms with Crippen molar-refractivity contribution in [1.82, 2.24) is 0 Å². The molecule has 90 valence electrons. The van der Waals surface area contributed by atoms with Crippen molar-refractivity contribution in [3.63, 3.8) is 0 Å². The molecule has 1 aromatic carbocycles. The molecule has 0 aromatic heterocycles. The quantitative estimate of drug-likeness (QED) is 0.747. The molecule has 1 unspecified atom stereocenters. The molecule has 0 spiro atoms. The summed E-state index contributed by atoms with van der Waals surface area (Å²) in [5, 5.41) is 9.67. The summed E-state index contributed by atoms with van der Waals surface area (Å²) in [6, 6.07) is 8.29. The lowest BCUT2D eigenvalue weighted by molar-refractivity contribution is 0.173. The molecule has 1 nitrogen and oxygen atoms in total. The standard InChI is InChI=1S/C14H22OS/c1-4-11(3)10-16-13-8-6-12(7-9-13)14(15)5-2/h6-9,11,14-15H,4-5,10H2,1-3H3/t11?,14-/m0/s1. The molecule has 16 heavy (non-hydrogen) atoms. The van der Waals surface area contributed by atoms with Crippen molar-refractivity contribution in [3.05, 3.63) is 29.8 Å². The Kier molecular flexibility index (Phi) is 5.93. The highest BCUT2D eigenvalue weighted by atomic mass is 32.2. The topological polar surface area (TPSA) is 20.2 Å². The van der Waals surface area contributed by atoms with E-state index in [2.05, 4.69) is 26.0 Å². The van der Waals surface area contributed by atoms with Gasteiger partial charge in [0.05, 0.1) is 6.10 Å². The number of aliphatic hydroxyl groups is 1. The molecule has 0 saturated heterocycles. The molecule has 0 radical (unpaired) electrons. The Hall–Kier alpha value is -0.470. The van der Waals surface area contributed by atoms with E-state index in [0.29, 0.717) is 0 Å². The summed E-state index contributed by atoms with van der Waals surface area (Å²) >= 11 is 1.90. The van der Waals surface area contributed by atoms with E-state index in [1.165, 1.54) is 17.1 Å². The molecule has 2 atom stereocenters. The number of hydrogen-bond donors (Lipinski definition) is 1. The first kappa shape index (κ1) is 13.6. The molecule has 0 aliphatic heterocycles. The molecule has 0 fully saturated rings. The van der Waals surface area contributed by atoms with E-state index in [1.54, 1.807) is 0 Å². The maximum absolute atomic E-state index is 9.67. The first-order valence-corrected chi connectivity index (χ1v) is 7.06. The highest BCUT2D eigenvalue weighted by molar-refractivity contribution is 7.99. The minimum Gasteiger partial charge on any atom is -0.388 e. The van der Waals surface area contributed by atoms with Crippen molar-refractivity contribution in [2.75, 3.05) is 5.75 Å². The van der Waals surface area contributed by atoms with Crippen LogP contribution in [0.5, 0.6) is 0 Å². The van der Waals surface area contributed by atoms with Gasteiger partial charge in [0.2, 0.25) is 0 Å². The second kappa shape index (κ2) is 6.97. The SMILES string of the molecule is CCC(C)CSc1ccc([C@@H](O)CC)cc1. The molecule has 0 heterocycles. The molecule has 2 heteroatoms. The van der Waals surface area contributed by atoms with E-state index in [0.717, 1.165) is 17.9 Å². The number of aliphatic hydroxyl groups excluding tert-OH is 1. The third kappa shape index (κ3) is 4.18. The summed E-state index contributed by atoms with van der Waals surface area (Å²) < 4.78 is 0. The second-order valence-electron chi connectivity index (χ2n) is 4.32. The van der Waals surface area contributed by atoms with Crippen LogP contribution < -0.4 is 0 Å². The van der Waals surface area contributed by atoms with Crippen LogP contribution in [-0.4, -0.2) is 10.9 Å². The Labute approximate surface area is 103 Å². The van der Waals surface area contributed by atoms with Crippen molar-refractivity contribution in [3.8, 4) is 0 Å². The Balaban J connectivity index is 2.51. The van der Waals surface area contributed by atoms with Crippen molar-refractivity contribution in [2.24, 2.45) is 5.92 Å². The van der Waals surface area contributed by atoms with Gasteiger partial charge in [0.15, 0.2) is 0 Å². The van der Waals surface area contributed by atoms with E-state index >= 15 is 0 Å². The highest BCUT2D eigenvalue weighted by Gasteiger charge is 2.05. The third-order valence-corrected chi connectivity index (χ3v) is 4.22. The van der Waals surface area contributed by atoms with Crippen LogP contribution in [0.4, 0.5) is 0 Å². The predicted molar refractivity (Wildman–Crippen MR) is 71.9 cm³/mol. The normalized spacial score (nSPS) is 14.8. The number of rotatable bonds is 6. The smallest absolute Gasteiger partial charge is 0.0787 e. The maximum atomic E-state index is 9.67. The Morgan fingerprint density at radius 2 is 1.75 bits per heavy atom. The van der Waals surface area contributed by atoms with Gasteiger partial charge in [-0.25, -0.2) is 0 Å². The lowest BCUT2D eigenvalue weighted by atomic mass is 10.1. The molecule has 0 bridgehead atoms. The van der Waals surface area contributed by atoms with Crippen LogP contribution in [0.25, 0.3) is 0 Å². The molecule has 1 rings (SSSR count). The van der Waals surface area contributed by atoms with Gasteiger partial charge in [0.25, 0.3) is 0 Å². The molecule has 1 N–H and O–H groups in total. The minimum atomic E-state index is -0.311. The van der Waals surface area contributed by atoms with E-state index in [9.17, 15) is 5.11 Å². The predicted octanol–water partition coefficient (Wildman–Crippen LogP) is 4.27. The molecule has 0 amide bonds. The van der Waals surface area contributed by atoms with Crippen LogP contribution in [0.1, 0.15) is 45.3 Å². The van der Waals surface area contributed by atoms with E-state index in [1.807, 2.05) is 30.8 Å². The summed E-state index contributed by atoms with van der Waals surface area (Å²) in [6.07, 6.45) is 1.70. The average Bonchev–Trinajstić information content (AvgIpc) is 2.35. The summed E-state index contributed by atoms with van der Waals surface area (Å²) in [7, 11) is 0. The number of benzene rings is 1. The molecular formula is C14H22OS. The Bertz CT molecular complexity index is 294. The largest absolute Gasteiger partial charge is 0.388 e. The van der Waals surface area contributed by atoms with Crippen LogP contribution in [0.2, 0.25) is 0 Å². The van der Waals surface area contributed by atoms with Crippen LogP contribution in [0, 0.1) is 5.92 Å². The summed E-state index contributed by atoms with van der Waals surface area (Å²) in [6.45, 7) is 6.50. The molecule has 0 aliphatic carbocycles. The summed E-state index contributed by atoms with van der Waals surface area (Å²) in [5.74, 6) is 1.94. The maximum Gasteiger partial charge on any atom is 0.0787 e. The van der Waals surface area contributed by atoms with Crippen LogP contribution in [0.15, 0.2) is 29.2 Å². The van der Waals surface area contributed by atoms with Crippen molar-refractivity contribution in [2.45, 2.75) is 44.6 Å². The fraction of sp³-hybridized carbons (Fsp3) is 0.571. The molecular weight excluding hydrogens is 216 g/mol. The van der Waals surface area contributed by atoms with Gasteiger partial charge < -0.3 is 5.11 Å². The van der Waals surface area contributed by atoms with Crippen LogP contribution in [-0.2, 0) is 0 Å². The fourth-order valence-electron chi connectivity index (χ4n) is 1.38.